The molecule has 0 bridgehead atoms. The molecule has 3 aromatic rings. The molecule has 0 aliphatic heterocycles. The number of ether oxygens (including phenoxy) is 3. The van der Waals surface area contributed by atoms with E-state index in [0.29, 0.717) is 34.5 Å². The number of aromatic nitrogens is 2. The van der Waals surface area contributed by atoms with Gasteiger partial charge in [-0.25, -0.2) is 9.48 Å². The number of carbonyl (C=O) groups excluding carboxylic acids is 2. The van der Waals surface area contributed by atoms with Gasteiger partial charge in [-0.3, -0.25) is 9.59 Å². The van der Waals surface area contributed by atoms with Crippen LogP contribution in [0.25, 0.3) is 10.8 Å². The zero-order valence-electron chi connectivity index (χ0n) is 18.4. The van der Waals surface area contributed by atoms with Gasteiger partial charge < -0.3 is 19.5 Å². The summed E-state index contributed by atoms with van der Waals surface area (Å²) in [6, 6.07) is 11.6. The van der Waals surface area contributed by atoms with Gasteiger partial charge in [0, 0.05) is 35.8 Å². The first-order chi connectivity index (χ1) is 15.3. The van der Waals surface area contributed by atoms with Gasteiger partial charge in [0.1, 0.15) is 11.5 Å². The molecule has 1 amide bonds. The van der Waals surface area contributed by atoms with Gasteiger partial charge in [0.05, 0.1) is 19.6 Å². The minimum Gasteiger partial charge on any atom is -0.497 e. The van der Waals surface area contributed by atoms with Crippen LogP contribution in [0.2, 0.25) is 0 Å². The number of benzene rings is 2. The second-order valence-corrected chi connectivity index (χ2v) is 7.50. The number of nitrogens with zero attached hydrogens (tertiary/aromatic N) is 2. The minimum atomic E-state index is -0.794. The average molecular weight is 439 g/mol. The zero-order chi connectivity index (χ0) is 23.3. The second kappa shape index (κ2) is 9.95. The molecule has 9 heteroatoms. The number of amides is 1. The van der Waals surface area contributed by atoms with Crippen LogP contribution in [0.15, 0.2) is 47.3 Å². The van der Waals surface area contributed by atoms with Crippen molar-refractivity contribution < 1.29 is 23.8 Å². The Labute approximate surface area is 184 Å². The molecule has 3 rings (SSSR count). The van der Waals surface area contributed by atoms with Crippen molar-refractivity contribution in [3.05, 3.63) is 58.5 Å². The number of hydrogen-bond donors (Lipinski definition) is 1. The Bertz CT molecular complexity index is 1180. The molecule has 1 N–H and O–H groups in total. The summed E-state index contributed by atoms with van der Waals surface area (Å²) in [4.78, 5) is 37.8. The lowest BCUT2D eigenvalue weighted by atomic mass is 10.1. The molecule has 0 aliphatic rings. The summed E-state index contributed by atoms with van der Waals surface area (Å²) in [6.45, 7) is 3.71. The Morgan fingerprint density at radius 1 is 1.03 bits per heavy atom. The van der Waals surface area contributed by atoms with E-state index in [1.54, 1.807) is 42.5 Å². The Hall–Kier alpha value is -3.88. The van der Waals surface area contributed by atoms with Gasteiger partial charge in [0.15, 0.2) is 12.3 Å². The molecule has 0 saturated carbocycles. The van der Waals surface area contributed by atoms with Crippen molar-refractivity contribution in [2.45, 2.75) is 20.4 Å². The van der Waals surface area contributed by atoms with Crippen molar-refractivity contribution in [3.8, 4) is 11.5 Å². The standard InChI is InChI=1S/C23H25N3O6/c1-14(2)12-26-22(28)19-8-6-5-7-18(19)21(25-26)23(29)32-13-20(27)24-15-9-16(30-3)11-17(10-15)31-4/h5-11,14H,12-13H2,1-4H3,(H,24,27). The molecule has 0 spiro atoms. The first kappa shape index (κ1) is 22.8. The van der Waals surface area contributed by atoms with Crippen molar-refractivity contribution in [1.29, 1.82) is 0 Å². The summed E-state index contributed by atoms with van der Waals surface area (Å²) >= 11 is 0. The van der Waals surface area contributed by atoms with Crippen molar-refractivity contribution in [3.63, 3.8) is 0 Å². The number of hydrogen-bond acceptors (Lipinski definition) is 7. The lowest BCUT2D eigenvalue weighted by Crippen LogP contribution is -2.29. The predicted octanol–water partition coefficient (Wildman–Crippen LogP) is 2.87. The van der Waals surface area contributed by atoms with Gasteiger partial charge in [0.25, 0.3) is 11.5 Å². The maximum atomic E-state index is 12.7. The van der Waals surface area contributed by atoms with Crippen molar-refractivity contribution >= 4 is 28.3 Å². The first-order valence-electron chi connectivity index (χ1n) is 10.0. The lowest BCUT2D eigenvalue weighted by molar-refractivity contribution is -0.119. The smallest absolute Gasteiger partial charge is 0.359 e. The van der Waals surface area contributed by atoms with Crippen LogP contribution in [0.4, 0.5) is 5.69 Å². The quantitative estimate of drug-likeness (QED) is 0.538. The number of carbonyl (C=O) groups is 2. The van der Waals surface area contributed by atoms with E-state index in [-0.39, 0.29) is 17.2 Å². The van der Waals surface area contributed by atoms with Gasteiger partial charge in [-0.1, -0.05) is 32.0 Å². The third-order valence-corrected chi connectivity index (χ3v) is 4.57. The van der Waals surface area contributed by atoms with Crippen LogP contribution < -0.4 is 20.3 Å². The Kier molecular flexibility index (Phi) is 7.09. The lowest BCUT2D eigenvalue weighted by Gasteiger charge is -2.13. The van der Waals surface area contributed by atoms with Gasteiger partial charge in [-0.05, 0) is 12.0 Å². The van der Waals surface area contributed by atoms with Crippen LogP contribution in [0.1, 0.15) is 24.3 Å². The monoisotopic (exact) mass is 439 g/mol. The van der Waals surface area contributed by atoms with Gasteiger partial charge in [-0.15, -0.1) is 0 Å². The van der Waals surface area contributed by atoms with Crippen molar-refractivity contribution in [1.82, 2.24) is 9.78 Å². The topological polar surface area (TPSA) is 109 Å². The fourth-order valence-corrected chi connectivity index (χ4v) is 3.13. The molecule has 0 unspecified atom stereocenters. The van der Waals surface area contributed by atoms with Crippen LogP contribution >= 0.6 is 0 Å². The van der Waals surface area contributed by atoms with E-state index in [0.717, 1.165) is 0 Å². The third-order valence-electron chi connectivity index (χ3n) is 4.57. The molecule has 0 saturated heterocycles. The van der Waals surface area contributed by atoms with E-state index in [2.05, 4.69) is 10.4 Å². The maximum Gasteiger partial charge on any atom is 0.359 e. The number of fused-ring (bicyclic) bond motifs is 1. The Morgan fingerprint density at radius 3 is 2.25 bits per heavy atom. The molecule has 0 aliphatic carbocycles. The minimum absolute atomic E-state index is 0.0169. The van der Waals surface area contributed by atoms with E-state index in [1.807, 2.05) is 13.8 Å². The van der Waals surface area contributed by atoms with Gasteiger partial charge in [0.2, 0.25) is 0 Å². The molecule has 9 nitrogen and oxygen atoms in total. The number of nitrogens with one attached hydrogen (secondary N) is 1. The zero-order valence-corrected chi connectivity index (χ0v) is 18.4. The molecule has 32 heavy (non-hydrogen) atoms. The predicted molar refractivity (Wildman–Crippen MR) is 119 cm³/mol. The summed E-state index contributed by atoms with van der Waals surface area (Å²) in [5.74, 6) is -0.194. The summed E-state index contributed by atoms with van der Waals surface area (Å²) in [5.41, 5.74) is 0.128. The van der Waals surface area contributed by atoms with Crippen LogP contribution in [0.5, 0.6) is 11.5 Å². The summed E-state index contributed by atoms with van der Waals surface area (Å²) in [5, 5.41) is 7.58. The van der Waals surface area contributed by atoms with Gasteiger partial charge >= 0.3 is 5.97 Å². The largest absolute Gasteiger partial charge is 0.497 e. The third kappa shape index (κ3) is 5.23. The SMILES string of the molecule is COc1cc(NC(=O)COC(=O)c2nn(CC(C)C)c(=O)c3ccccc23)cc(OC)c1. The van der Waals surface area contributed by atoms with E-state index in [1.165, 1.54) is 18.9 Å². The molecule has 1 heterocycles. The molecule has 2 aromatic carbocycles. The fraction of sp³-hybridized carbons (Fsp3) is 0.304. The average Bonchev–Trinajstić information content (AvgIpc) is 2.78. The van der Waals surface area contributed by atoms with E-state index in [4.69, 9.17) is 14.2 Å². The van der Waals surface area contributed by atoms with Crippen LogP contribution in [0, 0.1) is 5.92 Å². The second-order valence-electron chi connectivity index (χ2n) is 7.50. The first-order valence-corrected chi connectivity index (χ1v) is 10.0. The van der Waals surface area contributed by atoms with Gasteiger partial charge in [-0.2, -0.15) is 5.10 Å². The molecule has 0 atom stereocenters. The van der Waals surface area contributed by atoms with Crippen LogP contribution in [-0.4, -0.2) is 42.5 Å². The molecular formula is C23H25N3O6. The molecule has 168 valence electrons. The Morgan fingerprint density at radius 2 is 1.66 bits per heavy atom. The molecule has 0 radical (unpaired) electrons. The highest BCUT2D eigenvalue weighted by atomic mass is 16.5. The highest BCUT2D eigenvalue weighted by Crippen LogP contribution is 2.25. The fourth-order valence-electron chi connectivity index (χ4n) is 3.13. The van der Waals surface area contributed by atoms with Crippen LogP contribution in [0.3, 0.4) is 0 Å². The number of esters is 1. The van der Waals surface area contributed by atoms with E-state index in [9.17, 15) is 14.4 Å². The maximum absolute atomic E-state index is 12.7. The number of methoxy groups -OCH3 is 2. The number of rotatable bonds is 8. The molecular weight excluding hydrogens is 414 g/mol. The van der Waals surface area contributed by atoms with Crippen molar-refractivity contribution in [2.75, 3.05) is 26.1 Å². The van der Waals surface area contributed by atoms with Crippen LogP contribution in [-0.2, 0) is 16.1 Å². The highest BCUT2D eigenvalue weighted by Gasteiger charge is 2.19. The number of anilines is 1. The molecule has 0 fully saturated rings. The molecule has 1 aromatic heterocycles. The summed E-state index contributed by atoms with van der Waals surface area (Å²) < 4.78 is 16.8. The highest BCUT2D eigenvalue weighted by molar-refractivity contribution is 6.03. The van der Waals surface area contributed by atoms with E-state index >= 15 is 0 Å². The van der Waals surface area contributed by atoms with Crippen molar-refractivity contribution in [2.24, 2.45) is 5.92 Å². The van der Waals surface area contributed by atoms with E-state index < -0.39 is 18.5 Å². The summed E-state index contributed by atoms with van der Waals surface area (Å²) in [7, 11) is 3.00. The normalized spacial score (nSPS) is 10.8. The Balaban J connectivity index is 1.78. The summed E-state index contributed by atoms with van der Waals surface area (Å²) in [6.07, 6.45) is 0.